The second-order valence-electron chi connectivity index (χ2n) is 3.61. The van der Waals surface area contributed by atoms with Crippen molar-refractivity contribution in [2.75, 3.05) is 31.3 Å². The van der Waals surface area contributed by atoms with Crippen molar-refractivity contribution < 1.29 is 23.6 Å². The first-order valence-corrected chi connectivity index (χ1v) is 6.79. The van der Waals surface area contributed by atoms with Crippen LogP contribution in [0.2, 0.25) is 0 Å². The molecule has 0 spiro atoms. The van der Waals surface area contributed by atoms with Crippen LogP contribution in [0, 0.1) is 5.81 Å². The monoisotopic (exact) mass is 314 g/mol. The van der Waals surface area contributed by atoms with E-state index in [-0.39, 0.29) is 57.4 Å². The molecule has 0 aliphatic heterocycles. The number of rotatable bonds is 7. The molecule has 10 heteroatoms. The molecule has 0 saturated carbocycles. The van der Waals surface area contributed by atoms with Crippen LogP contribution < -0.4 is 16.2 Å². The van der Waals surface area contributed by atoms with Crippen molar-refractivity contribution in [3.05, 3.63) is 5.56 Å². The summed E-state index contributed by atoms with van der Waals surface area (Å²) in [5.74, 6) is 1.67. The molecule has 1 heterocycles. The number of carbonyl (C=O) groups excluding carboxylic acids is 1. The predicted molar refractivity (Wildman–Crippen MR) is 74.1 cm³/mol. The molecular weight excluding hydrogens is 299 g/mol. The van der Waals surface area contributed by atoms with E-state index in [1.165, 1.54) is 0 Å². The van der Waals surface area contributed by atoms with Crippen LogP contribution in [0.15, 0.2) is 0 Å². The number of nitrogens with two attached hydrogens (primary N) is 2. The van der Waals surface area contributed by atoms with Gasteiger partial charge in [-0.05, 0) is 0 Å². The molecule has 0 radical (unpaired) electrons. The maximum atomic E-state index is 11.5. The zero-order valence-corrected chi connectivity index (χ0v) is 12.3. The van der Waals surface area contributed by atoms with Gasteiger partial charge in [0, 0.05) is 0 Å². The van der Waals surface area contributed by atoms with Gasteiger partial charge in [0.15, 0.2) is 0 Å². The van der Waals surface area contributed by atoms with E-state index in [4.69, 9.17) is 25.7 Å². The third kappa shape index (κ3) is 5.83. The van der Waals surface area contributed by atoms with E-state index < -0.39 is 5.97 Å². The Morgan fingerprint density at radius 2 is 2.10 bits per heavy atom. The standard InChI is InChI=1S/C11H15N4O5P/c1-2-19-8(16)5-7-9(12)14-11(13)15-10(7)20-4-3-18-6-21-17/h2-5H2,1H3,(H4,12,13,14,15). The quantitative estimate of drug-likeness (QED) is 0.414. The van der Waals surface area contributed by atoms with E-state index in [1.54, 1.807) is 6.92 Å². The molecule has 0 aliphatic rings. The fraction of sp³-hybridized carbons (Fsp3) is 0.455. The van der Waals surface area contributed by atoms with Gasteiger partial charge in [0.1, 0.15) is 0 Å². The number of nitrogen functional groups attached to an aromatic ring is 2. The first kappa shape index (κ1) is 17.0. The van der Waals surface area contributed by atoms with Gasteiger partial charge in [0.25, 0.3) is 0 Å². The van der Waals surface area contributed by atoms with E-state index in [0.29, 0.717) is 0 Å². The molecule has 0 saturated heterocycles. The minimum absolute atomic E-state index is 0.0441. The van der Waals surface area contributed by atoms with E-state index in [2.05, 4.69) is 15.8 Å². The molecule has 0 atom stereocenters. The van der Waals surface area contributed by atoms with Crippen molar-refractivity contribution >= 4 is 25.7 Å². The normalized spacial score (nSPS) is 9.76. The molecule has 9 nitrogen and oxygen atoms in total. The van der Waals surface area contributed by atoms with Gasteiger partial charge >= 0.3 is 121 Å². The molecule has 1 aromatic rings. The minimum atomic E-state index is -0.481. The summed E-state index contributed by atoms with van der Waals surface area (Å²) in [6.45, 7) is 2.11. The summed E-state index contributed by atoms with van der Waals surface area (Å²) < 4.78 is 25.0. The first-order valence-electron chi connectivity index (χ1n) is 5.97. The Morgan fingerprint density at radius 3 is 2.76 bits per heavy atom. The fourth-order valence-corrected chi connectivity index (χ4v) is 1.53. The zero-order valence-electron chi connectivity index (χ0n) is 11.4. The van der Waals surface area contributed by atoms with E-state index in [9.17, 15) is 9.36 Å². The Hall–Kier alpha value is -2.08. The number of carbonyl (C=O) groups is 1. The van der Waals surface area contributed by atoms with Gasteiger partial charge in [-0.2, -0.15) is 0 Å². The third-order valence-electron chi connectivity index (χ3n) is 2.17. The summed E-state index contributed by atoms with van der Waals surface area (Å²) in [6, 6.07) is 0. The maximum absolute atomic E-state index is 11.5. The molecule has 114 valence electrons. The summed E-state index contributed by atoms with van der Waals surface area (Å²) in [6.07, 6.45) is -0.131. The summed E-state index contributed by atoms with van der Waals surface area (Å²) in [7, 11) is -0.357. The average molecular weight is 314 g/mol. The van der Waals surface area contributed by atoms with E-state index in [0.717, 1.165) is 0 Å². The molecule has 21 heavy (non-hydrogen) atoms. The van der Waals surface area contributed by atoms with Gasteiger partial charge in [-0.3, -0.25) is 0 Å². The van der Waals surface area contributed by atoms with Crippen molar-refractivity contribution in [2.24, 2.45) is 0 Å². The first-order chi connectivity index (χ1) is 10.1. The van der Waals surface area contributed by atoms with Crippen molar-refractivity contribution in [2.45, 2.75) is 13.3 Å². The van der Waals surface area contributed by atoms with Gasteiger partial charge in [0.2, 0.25) is 0 Å². The number of ether oxygens (including phenoxy) is 3. The van der Waals surface area contributed by atoms with Crippen LogP contribution in [0.25, 0.3) is 0 Å². The van der Waals surface area contributed by atoms with Gasteiger partial charge < -0.3 is 0 Å². The number of aromatic nitrogens is 2. The number of hydrogen-bond acceptors (Lipinski definition) is 9. The molecule has 0 amide bonds. The van der Waals surface area contributed by atoms with Crippen LogP contribution in [0.5, 0.6) is 5.88 Å². The predicted octanol–water partition coefficient (Wildman–Crippen LogP) is 0.350. The molecule has 0 unspecified atom stereocenters. The summed E-state index contributed by atoms with van der Waals surface area (Å²) in [5.41, 5.74) is 11.5. The van der Waals surface area contributed by atoms with Crippen molar-refractivity contribution in [3.8, 4) is 11.7 Å². The third-order valence-corrected chi connectivity index (χ3v) is 2.37. The molecule has 0 fully saturated rings. The van der Waals surface area contributed by atoms with Crippen LogP contribution in [-0.2, 0) is 25.3 Å². The van der Waals surface area contributed by atoms with Gasteiger partial charge in [-0.1, -0.05) is 0 Å². The molecule has 0 aliphatic carbocycles. The molecular formula is C11H15N4O5P. The molecule has 4 N–H and O–H groups in total. The summed E-state index contributed by atoms with van der Waals surface area (Å²) in [4.78, 5) is 19.2. The molecule has 0 bridgehead atoms. The average Bonchev–Trinajstić information content (AvgIpc) is 2.42. The van der Waals surface area contributed by atoms with Gasteiger partial charge in [-0.25, -0.2) is 0 Å². The van der Waals surface area contributed by atoms with Crippen LogP contribution in [0.1, 0.15) is 12.5 Å². The van der Waals surface area contributed by atoms with Crippen LogP contribution in [0.3, 0.4) is 0 Å². The number of esters is 1. The number of anilines is 2. The van der Waals surface area contributed by atoms with E-state index in [1.807, 2.05) is 0 Å². The Balaban J connectivity index is 2.81. The molecule has 1 rings (SSSR count). The molecule has 0 aromatic carbocycles. The molecule has 1 aromatic heterocycles. The van der Waals surface area contributed by atoms with Crippen molar-refractivity contribution in [1.82, 2.24) is 9.97 Å². The van der Waals surface area contributed by atoms with Crippen LogP contribution in [0.4, 0.5) is 11.8 Å². The van der Waals surface area contributed by atoms with Crippen LogP contribution in [-0.4, -0.2) is 35.8 Å². The van der Waals surface area contributed by atoms with Crippen LogP contribution >= 0.6 is 7.92 Å². The number of nitrogens with zero attached hydrogens (tertiary/aromatic N) is 2. The Labute approximate surface area is 122 Å². The van der Waals surface area contributed by atoms with Crippen molar-refractivity contribution in [3.63, 3.8) is 0 Å². The second-order valence-corrected chi connectivity index (χ2v) is 3.98. The Bertz CT molecular complexity index is 604. The zero-order chi connectivity index (χ0) is 15.7. The Kier molecular flexibility index (Phi) is 7.25. The van der Waals surface area contributed by atoms with Crippen molar-refractivity contribution in [1.29, 1.82) is 0 Å². The van der Waals surface area contributed by atoms with Gasteiger partial charge in [-0.15, -0.1) is 0 Å². The van der Waals surface area contributed by atoms with Gasteiger partial charge in [0.05, 0.1) is 0 Å². The Morgan fingerprint density at radius 1 is 1.33 bits per heavy atom. The number of hydrogen-bond donors (Lipinski definition) is 2. The SMILES string of the molecule is CCOC(=O)Cc1c(N)nc(N)nc1OCCOC#P=O. The summed E-state index contributed by atoms with van der Waals surface area (Å²) in [5, 5.41) is 0. The van der Waals surface area contributed by atoms with E-state index >= 15 is 0 Å². The second kappa shape index (κ2) is 8.97. The fourth-order valence-electron chi connectivity index (χ4n) is 1.39. The summed E-state index contributed by atoms with van der Waals surface area (Å²) >= 11 is 0. The topological polar surface area (TPSA) is 140 Å².